The first-order chi connectivity index (χ1) is 11.2. The molecule has 1 aromatic heterocycles. The first kappa shape index (κ1) is 14.4. The van der Waals surface area contributed by atoms with Gasteiger partial charge < -0.3 is 14.7 Å². The molecule has 1 aromatic carbocycles. The molecule has 0 amide bonds. The van der Waals surface area contributed by atoms with Gasteiger partial charge in [0.15, 0.2) is 11.6 Å². The Bertz CT molecular complexity index is 712. The van der Waals surface area contributed by atoms with Crippen molar-refractivity contribution in [1.82, 2.24) is 14.9 Å². The zero-order chi connectivity index (χ0) is 15.8. The largest absolute Gasteiger partial charge is 0.351 e. The molecule has 2 aromatic rings. The SMILES string of the molecule is CN1CCN(c2nc(N3CCc4ccccc43)ncc2F)CC1. The average molecular weight is 313 g/mol. The smallest absolute Gasteiger partial charge is 0.232 e. The van der Waals surface area contributed by atoms with Crippen LogP contribution >= 0.6 is 0 Å². The topological polar surface area (TPSA) is 35.5 Å². The van der Waals surface area contributed by atoms with Gasteiger partial charge in [0.05, 0.1) is 6.20 Å². The van der Waals surface area contributed by atoms with Gasteiger partial charge in [-0.15, -0.1) is 0 Å². The molecule has 3 heterocycles. The zero-order valence-electron chi connectivity index (χ0n) is 13.2. The van der Waals surface area contributed by atoms with Crippen LogP contribution in [0.3, 0.4) is 0 Å². The van der Waals surface area contributed by atoms with Gasteiger partial charge in [-0.2, -0.15) is 4.98 Å². The maximum absolute atomic E-state index is 14.2. The van der Waals surface area contributed by atoms with E-state index in [1.807, 2.05) is 17.0 Å². The first-order valence-corrected chi connectivity index (χ1v) is 8.04. The van der Waals surface area contributed by atoms with Crippen LogP contribution in [-0.4, -0.2) is 54.6 Å². The lowest BCUT2D eigenvalue weighted by Crippen LogP contribution is -2.45. The standard InChI is InChI=1S/C17H20FN5/c1-21-8-10-22(11-9-21)16-14(18)12-19-17(20-16)23-7-6-13-4-2-3-5-15(13)23/h2-5,12H,6-11H2,1H3. The third-order valence-corrected chi connectivity index (χ3v) is 4.64. The molecule has 0 saturated carbocycles. The van der Waals surface area contributed by atoms with Crippen molar-refractivity contribution in [2.75, 3.05) is 49.6 Å². The molecule has 1 saturated heterocycles. The number of anilines is 3. The summed E-state index contributed by atoms with van der Waals surface area (Å²) in [5.41, 5.74) is 2.42. The van der Waals surface area contributed by atoms with Crippen LogP contribution in [0.15, 0.2) is 30.5 Å². The summed E-state index contributed by atoms with van der Waals surface area (Å²) < 4.78 is 14.2. The van der Waals surface area contributed by atoms with Crippen LogP contribution in [0, 0.1) is 5.82 Å². The summed E-state index contributed by atoms with van der Waals surface area (Å²) in [6, 6.07) is 8.26. The highest BCUT2D eigenvalue weighted by Gasteiger charge is 2.25. The number of fused-ring (bicyclic) bond motifs is 1. The van der Waals surface area contributed by atoms with E-state index in [4.69, 9.17) is 0 Å². The van der Waals surface area contributed by atoms with Crippen LogP contribution in [0.25, 0.3) is 0 Å². The highest BCUT2D eigenvalue weighted by molar-refractivity contribution is 5.66. The van der Waals surface area contributed by atoms with Gasteiger partial charge in [0, 0.05) is 38.4 Å². The summed E-state index contributed by atoms with van der Waals surface area (Å²) >= 11 is 0. The lowest BCUT2D eigenvalue weighted by atomic mass is 10.2. The van der Waals surface area contributed by atoms with Crippen LogP contribution in [0.2, 0.25) is 0 Å². The monoisotopic (exact) mass is 313 g/mol. The van der Waals surface area contributed by atoms with E-state index >= 15 is 0 Å². The molecule has 4 rings (SSSR count). The fraction of sp³-hybridized carbons (Fsp3) is 0.412. The van der Waals surface area contributed by atoms with Gasteiger partial charge in [-0.25, -0.2) is 9.37 Å². The number of halogens is 1. The van der Waals surface area contributed by atoms with Crippen molar-refractivity contribution in [3.8, 4) is 0 Å². The predicted octanol–water partition coefficient (Wildman–Crippen LogP) is 2.06. The lowest BCUT2D eigenvalue weighted by molar-refractivity contribution is 0.310. The number of nitrogens with zero attached hydrogens (tertiary/aromatic N) is 5. The van der Waals surface area contributed by atoms with Gasteiger partial charge in [-0.05, 0) is 25.1 Å². The molecule has 5 nitrogen and oxygen atoms in total. The fourth-order valence-electron chi connectivity index (χ4n) is 3.27. The summed E-state index contributed by atoms with van der Waals surface area (Å²) in [5, 5.41) is 0. The number of piperazine rings is 1. The van der Waals surface area contributed by atoms with E-state index in [1.54, 1.807) is 0 Å². The summed E-state index contributed by atoms with van der Waals surface area (Å²) in [7, 11) is 2.08. The van der Waals surface area contributed by atoms with Crippen molar-refractivity contribution in [3.63, 3.8) is 0 Å². The normalized spacial score (nSPS) is 18.3. The molecule has 1 fully saturated rings. The number of aromatic nitrogens is 2. The van der Waals surface area contributed by atoms with Crippen LogP contribution in [0.1, 0.15) is 5.56 Å². The average Bonchev–Trinajstić information content (AvgIpc) is 3.00. The second-order valence-electron chi connectivity index (χ2n) is 6.16. The third kappa shape index (κ3) is 2.63. The van der Waals surface area contributed by atoms with Gasteiger partial charge in [0.1, 0.15) is 0 Å². The Morgan fingerprint density at radius 3 is 2.65 bits per heavy atom. The highest BCUT2D eigenvalue weighted by Crippen LogP contribution is 2.33. The predicted molar refractivity (Wildman–Crippen MR) is 88.9 cm³/mol. The lowest BCUT2D eigenvalue weighted by Gasteiger charge is -2.33. The van der Waals surface area contributed by atoms with Crippen molar-refractivity contribution in [2.45, 2.75) is 6.42 Å². The molecule has 0 radical (unpaired) electrons. The number of rotatable bonds is 2. The zero-order valence-corrected chi connectivity index (χ0v) is 13.2. The van der Waals surface area contributed by atoms with Crippen molar-refractivity contribution in [1.29, 1.82) is 0 Å². The summed E-state index contributed by atoms with van der Waals surface area (Å²) in [6.07, 6.45) is 2.28. The number of hydrogen-bond acceptors (Lipinski definition) is 5. The Balaban J connectivity index is 1.65. The minimum atomic E-state index is -0.342. The van der Waals surface area contributed by atoms with Gasteiger partial charge in [-0.3, -0.25) is 0 Å². The second-order valence-corrected chi connectivity index (χ2v) is 6.16. The van der Waals surface area contributed by atoms with E-state index in [2.05, 4.69) is 38.9 Å². The molecule has 0 N–H and O–H groups in total. The Labute approximate surface area is 135 Å². The molecule has 0 spiro atoms. The Morgan fingerprint density at radius 1 is 1.04 bits per heavy atom. The third-order valence-electron chi connectivity index (χ3n) is 4.64. The van der Waals surface area contributed by atoms with Crippen molar-refractivity contribution < 1.29 is 4.39 Å². The van der Waals surface area contributed by atoms with Crippen LogP contribution in [0.5, 0.6) is 0 Å². The van der Waals surface area contributed by atoms with Crippen LogP contribution in [0.4, 0.5) is 21.8 Å². The Hall–Kier alpha value is -2.21. The Morgan fingerprint density at radius 2 is 1.83 bits per heavy atom. The Kier molecular flexibility index (Phi) is 3.61. The molecular formula is C17H20FN5. The van der Waals surface area contributed by atoms with Gasteiger partial charge in [0.2, 0.25) is 5.95 Å². The van der Waals surface area contributed by atoms with Gasteiger partial charge >= 0.3 is 0 Å². The van der Waals surface area contributed by atoms with Gasteiger partial charge in [-0.1, -0.05) is 18.2 Å². The highest BCUT2D eigenvalue weighted by atomic mass is 19.1. The maximum Gasteiger partial charge on any atom is 0.232 e. The summed E-state index contributed by atoms with van der Waals surface area (Å²) in [4.78, 5) is 15.1. The number of para-hydroxylation sites is 1. The molecule has 23 heavy (non-hydrogen) atoms. The molecule has 2 aliphatic rings. The number of benzene rings is 1. The molecule has 0 aliphatic carbocycles. The molecule has 0 unspecified atom stereocenters. The second kappa shape index (κ2) is 5.77. The quantitative estimate of drug-likeness (QED) is 0.848. The fourth-order valence-corrected chi connectivity index (χ4v) is 3.27. The minimum absolute atomic E-state index is 0.342. The van der Waals surface area contributed by atoms with Crippen LogP contribution in [-0.2, 0) is 6.42 Å². The van der Waals surface area contributed by atoms with Crippen molar-refractivity contribution >= 4 is 17.5 Å². The van der Waals surface area contributed by atoms with Crippen molar-refractivity contribution in [2.24, 2.45) is 0 Å². The minimum Gasteiger partial charge on any atom is -0.351 e. The number of hydrogen-bond donors (Lipinski definition) is 0. The molecular weight excluding hydrogens is 293 g/mol. The molecule has 0 bridgehead atoms. The van der Waals surface area contributed by atoms with E-state index in [9.17, 15) is 4.39 Å². The molecule has 6 heteroatoms. The first-order valence-electron chi connectivity index (χ1n) is 8.04. The van der Waals surface area contributed by atoms with Gasteiger partial charge in [0.25, 0.3) is 0 Å². The maximum atomic E-state index is 14.2. The summed E-state index contributed by atoms with van der Waals surface area (Å²) in [6.45, 7) is 4.27. The van der Waals surface area contributed by atoms with Crippen LogP contribution < -0.4 is 9.80 Å². The van der Waals surface area contributed by atoms with E-state index < -0.39 is 0 Å². The van der Waals surface area contributed by atoms with E-state index in [1.165, 1.54) is 11.8 Å². The van der Waals surface area contributed by atoms with E-state index in [0.29, 0.717) is 11.8 Å². The van der Waals surface area contributed by atoms with E-state index in [0.717, 1.165) is 44.8 Å². The number of likely N-dealkylation sites (N-methyl/N-ethyl adjacent to an activating group) is 1. The molecule has 0 atom stereocenters. The summed E-state index contributed by atoms with van der Waals surface area (Å²) in [5.74, 6) is 0.670. The molecule has 2 aliphatic heterocycles. The van der Waals surface area contributed by atoms with Crippen molar-refractivity contribution in [3.05, 3.63) is 41.8 Å². The van der Waals surface area contributed by atoms with E-state index in [-0.39, 0.29) is 5.82 Å². The molecule has 120 valence electrons.